The molecule has 2 aromatic rings. The van der Waals surface area contributed by atoms with E-state index in [4.69, 9.17) is 4.74 Å². The topological polar surface area (TPSA) is 87.7 Å². The highest BCUT2D eigenvalue weighted by Gasteiger charge is 2.28. The summed E-state index contributed by atoms with van der Waals surface area (Å²) in [5, 5.41) is 0. The number of carbonyl (C=O) groups is 3. The summed E-state index contributed by atoms with van der Waals surface area (Å²) in [6, 6.07) is 12.9. The third kappa shape index (κ3) is 6.04. The van der Waals surface area contributed by atoms with E-state index in [-0.39, 0.29) is 23.5 Å². The summed E-state index contributed by atoms with van der Waals surface area (Å²) in [5.74, 6) is -1.94. The lowest BCUT2D eigenvalue weighted by atomic mass is 9.95. The van der Waals surface area contributed by atoms with Gasteiger partial charge in [-0.1, -0.05) is 28.1 Å². The zero-order valence-electron chi connectivity index (χ0n) is 16.9. The Labute approximate surface area is 188 Å². The Kier molecular flexibility index (Phi) is 7.62. The molecule has 164 valence electrons. The molecule has 0 saturated carbocycles. The molecule has 0 aliphatic carbocycles. The van der Waals surface area contributed by atoms with Crippen LogP contribution in [0.2, 0.25) is 0 Å². The van der Waals surface area contributed by atoms with E-state index in [2.05, 4.69) is 26.8 Å². The smallest absolute Gasteiger partial charge is 0.279 e. The van der Waals surface area contributed by atoms with E-state index in [1.807, 2.05) is 12.1 Å². The molecule has 0 bridgehead atoms. The second kappa shape index (κ2) is 10.4. The second-order valence-electron chi connectivity index (χ2n) is 7.24. The first-order valence-corrected chi connectivity index (χ1v) is 10.7. The predicted molar refractivity (Wildman–Crippen MR) is 116 cm³/mol. The van der Waals surface area contributed by atoms with Gasteiger partial charge in [-0.2, -0.15) is 0 Å². The summed E-state index contributed by atoms with van der Waals surface area (Å²) in [7, 11) is 0. The molecule has 0 aromatic heterocycles. The number of piperidine rings is 1. The van der Waals surface area contributed by atoms with E-state index in [1.165, 1.54) is 25.1 Å². The van der Waals surface area contributed by atoms with Crippen LogP contribution >= 0.6 is 15.9 Å². The third-order valence-electron chi connectivity index (χ3n) is 5.06. The van der Waals surface area contributed by atoms with Gasteiger partial charge in [0.25, 0.3) is 11.8 Å². The SMILES string of the molecule is CC(Oc1ccccc1F)C(=O)NNC(=O)C1CCN(C(=O)c2ccc(Br)cc2)CC1. The van der Waals surface area contributed by atoms with Crippen LogP contribution in [-0.2, 0) is 9.59 Å². The molecular weight excluding hydrogens is 469 g/mol. The Morgan fingerprint density at radius 2 is 1.71 bits per heavy atom. The largest absolute Gasteiger partial charge is 0.478 e. The number of amides is 3. The van der Waals surface area contributed by atoms with Crippen molar-refractivity contribution in [1.82, 2.24) is 15.8 Å². The maximum Gasteiger partial charge on any atom is 0.279 e. The molecule has 2 aromatic carbocycles. The lowest BCUT2D eigenvalue weighted by Crippen LogP contribution is -2.51. The molecule has 1 unspecified atom stereocenters. The van der Waals surface area contributed by atoms with E-state index in [9.17, 15) is 18.8 Å². The molecule has 1 aliphatic rings. The monoisotopic (exact) mass is 491 g/mol. The average molecular weight is 492 g/mol. The van der Waals surface area contributed by atoms with Gasteiger partial charge in [-0.15, -0.1) is 0 Å². The molecule has 0 radical (unpaired) electrons. The van der Waals surface area contributed by atoms with E-state index in [1.54, 1.807) is 23.1 Å². The van der Waals surface area contributed by atoms with Crippen LogP contribution in [0.5, 0.6) is 5.75 Å². The zero-order chi connectivity index (χ0) is 22.4. The molecule has 1 heterocycles. The first-order chi connectivity index (χ1) is 14.8. The predicted octanol–water partition coefficient (Wildman–Crippen LogP) is 3.06. The van der Waals surface area contributed by atoms with Crippen LogP contribution < -0.4 is 15.6 Å². The summed E-state index contributed by atoms with van der Waals surface area (Å²) in [6.45, 7) is 2.36. The number of carbonyl (C=O) groups excluding carboxylic acids is 3. The first-order valence-electron chi connectivity index (χ1n) is 9.91. The molecule has 1 saturated heterocycles. The van der Waals surface area contributed by atoms with Crippen LogP contribution in [0.25, 0.3) is 0 Å². The second-order valence-corrected chi connectivity index (χ2v) is 8.16. The van der Waals surface area contributed by atoms with Gasteiger partial charge in [-0.3, -0.25) is 25.2 Å². The molecule has 9 heteroatoms. The van der Waals surface area contributed by atoms with Crippen molar-refractivity contribution in [2.75, 3.05) is 13.1 Å². The first kappa shape index (κ1) is 22.7. The van der Waals surface area contributed by atoms with Crippen molar-refractivity contribution in [2.24, 2.45) is 5.92 Å². The average Bonchev–Trinajstić information content (AvgIpc) is 2.78. The maximum absolute atomic E-state index is 13.6. The molecule has 3 amide bonds. The van der Waals surface area contributed by atoms with Crippen molar-refractivity contribution < 1.29 is 23.5 Å². The molecule has 7 nitrogen and oxygen atoms in total. The summed E-state index contributed by atoms with van der Waals surface area (Å²) in [4.78, 5) is 38.8. The van der Waals surface area contributed by atoms with Crippen molar-refractivity contribution in [1.29, 1.82) is 0 Å². The highest BCUT2D eigenvalue weighted by molar-refractivity contribution is 9.10. The van der Waals surface area contributed by atoms with Gasteiger partial charge in [-0.05, 0) is 56.2 Å². The summed E-state index contributed by atoms with van der Waals surface area (Å²) < 4.78 is 19.8. The number of ether oxygens (including phenoxy) is 1. The van der Waals surface area contributed by atoms with E-state index < -0.39 is 17.8 Å². The Morgan fingerprint density at radius 1 is 1.06 bits per heavy atom. The van der Waals surface area contributed by atoms with Crippen molar-refractivity contribution >= 4 is 33.7 Å². The minimum atomic E-state index is -0.998. The third-order valence-corrected chi connectivity index (χ3v) is 5.59. The van der Waals surface area contributed by atoms with Gasteiger partial charge < -0.3 is 9.64 Å². The number of nitrogens with one attached hydrogen (secondary N) is 2. The highest BCUT2D eigenvalue weighted by Crippen LogP contribution is 2.20. The number of para-hydroxylation sites is 1. The van der Waals surface area contributed by atoms with Gasteiger partial charge in [0.1, 0.15) is 0 Å². The summed E-state index contributed by atoms with van der Waals surface area (Å²) >= 11 is 3.34. The van der Waals surface area contributed by atoms with Crippen LogP contribution in [0, 0.1) is 11.7 Å². The van der Waals surface area contributed by atoms with Crippen molar-refractivity contribution in [2.45, 2.75) is 25.9 Å². The number of likely N-dealkylation sites (tertiary alicyclic amines) is 1. The lowest BCUT2D eigenvalue weighted by molar-refractivity contribution is -0.135. The minimum absolute atomic E-state index is 0.0423. The van der Waals surface area contributed by atoms with E-state index in [0.717, 1.165) is 4.47 Å². The number of rotatable bonds is 5. The fraction of sp³-hybridized carbons (Fsp3) is 0.318. The van der Waals surface area contributed by atoms with E-state index >= 15 is 0 Å². The Balaban J connectivity index is 1.43. The summed E-state index contributed by atoms with van der Waals surface area (Å²) in [5.41, 5.74) is 5.31. The van der Waals surface area contributed by atoms with Crippen LogP contribution in [0.4, 0.5) is 4.39 Å². The van der Waals surface area contributed by atoms with Crippen molar-refractivity contribution in [3.8, 4) is 5.75 Å². The fourth-order valence-corrected chi connectivity index (χ4v) is 3.50. The van der Waals surface area contributed by atoms with Gasteiger partial charge in [0, 0.05) is 29.0 Å². The number of hydrogen-bond donors (Lipinski definition) is 2. The van der Waals surface area contributed by atoms with Crippen molar-refractivity contribution in [3.05, 3.63) is 64.4 Å². The molecular formula is C22H23BrFN3O4. The van der Waals surface area contributed by atoms with Gasteiger partial charge in [0.05, 0.1) is 0 Å². The van der Waals surface area contributed by atoms with Gasteiger partial charge in [0.15, 0.2) is 17.7 Å². The van der Waals surface area contributed by atoms with E-state index in [0.29, 0.717) is 31.5 Å². The number of hydrogen-bond acceptors (Lipinski definition) is 4. The fourth-order valence-electron chi connectivity index (χ4n) is 3.23. The molecule has 3 rings (SSSR count). The molecule has 31 heavy (non-hydrogen) atoms. The van der Waals surface area contributed by atoms with Gasteiger partial charge >= 0.3 is 0 Å². The van der Waals surface area contributed by atoms with Crippen LogP contribution in [-0.4, -0.2) is 41.8 Å². The standard InChI is InChI=1S/C22H23BrFN3O4/c1-14(31-19-5-3-2-4-18(19)24)20(28)25-26-21(29)15-10-12-27(13-11-15)22(30)16-6-8-17(23)9-7-16/h2-9,14-15H,10-13H2,1H3,(H,25,28)(H,26,29). The molecule has 1 atom stereocenters. The molecule has 0 spiro atoms. The van der Waals surface area contributed by atoms with Crippen molar-refractivity contribution in [3.63, 3.8) is 0 Å². The van der Waals surface area contributed by atoms with Crippen LogP contribution in [0.15, 0.2) is 53.0 Å². The highest BCUT2D eigenvalue weighted by atomic mass is 79.9. The Hall–Kier alpha value is -2.94. The Bertz CT molecular complexity index is 946. The Morgan fingerprint density at radius 3 is 2.35 bits per heavy atom. The number of nitrogens with zero attached hydrogens (tertiary/aromatic N) is 1. The number of halogens is 2. The minimum Gasteiger partial charge on any atom is -0.478 e. The summed E-state index contributed by atoms with van der Waals surface area (Å²) in [6.07, 6.45) is -0.0150. The zero-order valence-corrected chi connectivity index (χ0v) is 18.5. The normalized spacial score (nSPS) is 15.1. The number of benzene rings is 2. The lowest BCUT2D eigenvalue weighted by Gasteiger charge is -2.31. The molecule has 2 N–H and O–H groups in total. The number of hydrazine groups is 1. The molecule has 1 aliphatic heterocycles. The maximum atomic E-state index is 13.6. The van der Waals surface area contributed by atoms with Gasteiger partial charge in [0.2, 0.25) is 5.91 Å². The van der Waals surface area contributed by atoms with Crippen LogP contribution in [0.3, 0.4) is 0 Å². The van der Waals surface area contributed by atoms with Crippen LogP contribution in [0.1, 0.15) is 30.1 Å². The quantitative estimate of drug-likeness (QED) is 0.629. The molecule has 1 fully saturated rings. The van der Waals surface area contributed by atoms with Gasteiger partial charge in [-0.25, -0.2) is 4.39 Å².